The molecule has 0 aliphatic carbocycles. The first-order chi connectivity index (χ1) is 10.6. The Labute approximate surface area is 133 Å². The number of fused-ring (bicyclic) bond motifs is 1. The van der Waals surface area contributed by atoms with Gasteiger partial charge in [-0.3, -0.25) is 0 Å². The topological polar surface area (TPSA) is 50.8 Å². The second-order valence-corrected chi connectivity index (χ2v) is 6.29. The van der Waals surface area contributed by atoms with Crippen molar-refractivity contribution in [3.8, 4) is 11.8 Å². The first kappa shape index (κ1) is 14.6. The van der Waals surface area contributed by atoms with Gasteiger partial charge >= 0.3 is 0 Å². The van der Waals surface area contributed by atoms with Crippen LogP contribution >= 0.6 is 11.3 Å². The molecule has 0 spiro atoms. The standard InChI is InChI=1S/C17H17N3OS/c1-11-15-8-14(9-18)20(16(15)4-5-17(11)21-3)7-6-13-10-22-12(2)19-13/h4-5,8,10H,6-7H2,1-3H3. The highest BCUT2D eigenvalue weighted by atomic mass is 32.1. The van der Waals surface area contributed by atoms with Crippen LogP contribution in [0.3, 0.4) is 0 Å². The van der Waals surface area contributed by atoms with E-state index in [0.29, 0.717) is 5.69 Å². The Hall–Kier alpha value is -2.32. The average molecular weight is 311 g/mol. The molecular weight excluding hydrogens is 294 g/mol. The zero-order chi connectivity index (χ0) is 15.7. The van der Waals surface area contributed by atoms with Gasteiger partial charge in [0, 0.05) is 34.8 Å². The Morgan fingerprint density at radius 2 is 2.18 bits per heavy atom. The highest BCUT2D eigenvalue weighted by Gasteiger charge is 2.13. The summed E-state index contributed by atoms with van der Waals surface area (Å²) in [5.74, 6) is 0.851. The van der Waals surface area contributed by atoms with Crippen LogP contribution in [0.25, 0.3) is 10.9 Å². The van der Waals surface area contributed by atoms with Crippen molar-refractivity contribution in [2.45, 2.75) is 26.8 Å². The molecule has 112 valence electrons. The molecular formula is C17H17N3OS. The number of rotatable bonds is 4. The van der Waals surface area contributed by atoms with E-state index in [4.69, 9.17) is 4.74 Å². The zero-order valence-corrected chi connectivity index (χ0v) is 13.7. The summed E-state index contributed by atoms with van der Waals surface area (Å²) in [7, 11) is 1.67. The van der Waals surface area contributed by atoms with Crippen molar-refractivity contribution in [2.75, 3.05) is 7.11 Å². The Morgan fingerprint density at radius 3 is 2.82 bits per heavy atom. The lowest BCUT2D eigenvalue weighted by Gasteiger charge is -2.08. The van der Waals surface area contributed by atoms with Crippen molar-refractivity contribution in [2.24, 2.45) is 0 Å². The third-order valence-electron chi connectivity index (χ3n) is 3.90. The average Bonchev–Trinajstić information content (AvgIpc) is 3.09. The summed E-state index contributed by atoms with van der Waals surface area (Å²) in [5, 5.41) is 13.7. The molecule has 0 unspecified atom stereocenters. The van der Waals surface area contributed by atoms with Gasteiger partial charge in [0.05, 0.1) is 17.8 Å². The molecule has 0 aliphatic rings. The molecule has 0 aliphatic heterocycles. The number of hydrogen-bond acceptors (Lipinski definition) is 4. The molecule has 2 aromatic heterocycles. The minimum absolute atomic E-state index is 0.679. The second-order valence-electron chi connectivity index (χ2n) is 5.23. The van der Waals surface area contributed by atoms with Gasteiger partial charge in [-0.1, -0.05) is 0 Å². The van der Waals surface area contributed by atoms with Crippen molar-refractivity contribution in [1.82, 2.24) is 9.55 Å². The maximum absolute atomic E-state index is 9.42. The number of hydrogen-bond donors (Lipinski definition) is 0. The maximum atomic E-state index is 9.42. The molecule has 5 heteroatoms. The predicted molar refractivity (Wildman–Crippen MR) is 88.5 cm³/mol. The van der Waals surface area contributed by atoms with Crippen LogP contribution in [-0.2, 0) is 13.0 Å². The lowest BCUT2D eigenvalue weighted by Crippen LogP contribution is -2.04. The van der Waals surface area contributed by atoms with E-state index in [9.17, 15) is 5.26 Å². The normalized spacial score (nSPS) is 10.8. The summed E-state index contributed by atoms with van der Waals surface area (Å²) in [6.07, 6.45) is 0.827. The van der Waals surface area contributed by atoms with Gasteiger partial charge in [0.1, 0.15) is 17.5 Å². The largest absolute Gasteiger partial charge is 0.496 e. The number of nitrogens with zero attached hydrogens (tertiary/aromatic N) is 3. The van der Waals surface area contributed by atoms with Crippen molar-refractivity contribution in [3.05, 3.63) is 45.5 Å². The van der Waals surface area contributed by atoms with E-state index in [1.807, 2.05) is 32.0 Å². The molecule has 0 atom stereocenters. The Balaban J connectivity index is 2.01. The number of aromatic nitrogens is 2. The number of nitriles is 1. The molecule has 0 amide bonds. The zero-order valence-electron chi connectivity index (χ0n) is 12.9. The van der Waals surface area contributed by atoms with E-state index in [1.54, 1.807) is 18.4 Å². The van der Waals surface area contributed by atoms with Crippen molar-refractivity contribution >= 4 is 22.2 Å². The quantitative estimate of drug-likeness (QED) is 0.735. The molecule has 22 heavy (non-hydrogen) atoms. The molecule has 0 saturated heterocycles. The fraction of sp³-hybridized carbons (Fsp3) is 0.294. The molecule has 2 heterocycles. The third-order valence-corrected chi connectivity index (χ3v) is 4.72. The summed E-state index contributed by atoms with van der Waals surface area (Å²) >= 11 is 1.66. The van der Waals surface area contributed by atoms with E-state index in [-0.39, 0.29) is 0 Å². The fourth-order valence-corrected chi connectivity index (χ4v) is 3.41. The minimum Gasteiger partial charge on any atom is -0.496 e. The van der Waals surface area contributed by atoms with E-state index in [0.717, 1.165) is 45.9 Å². The van der Waals surface area contributed by atoms with Crippen LogP contribution in [0.4, 0.5) is 0 Å². The molecule has 0 saturated carbocycles. The monoisotopic (exact) mass is 311 g/mol. The lowest BCUT2D eigenvalue weighted by molar-refractivity contribution is 0.412. The smallest absolute Gasteiger partial charge is 0.122 e. The SMILES string of the molecule is COc1ccc2c(cc(C#N)n2CCc2csc(C)n2)c1C. The van der Waals surface area contributed by atoms with Crippen LogP contribution < -0.4 is 4.74 Å². The molecule has 0 radical (unpaired) electrons. The molecule has 4 nitrogen and oxygen atoms in total. The molecule has 0 fully saturated rings. The summed E-state index contributed by atoms with van der Waals surface area (Å²) in [4.78, 5) is 4.49. The van der Waals surface area contributed by atoms with Gasteiger partial charge in [-0.05, 0) is 32.0 Å². The van der Waals surface area contributed by atoms with E-state index in [1.165, 1.54) is 0 Å². The van der Waals surface area contributed by atoms with E-state index in [2.05, 4.69) is 21.0 Å². The number of thiazole rings is 1. The van der Waals surface area contributed by atoms with E-state index < -0.39 is 0 Å². The van der Waals surface area contributed by atoms with Crippen LogP contribution in [0, 0.1) is 25.2 Å². The predicted octanol–water partition coefficient (Wildman–Crippen LogP) is 3.84. The fourth-order valence-electron chi connectivity index (χ4n) is 2.76. The van der Waals surface area contributed by atoms with Gasteiger partial charge in [-0.2, -0.15) is 5.26 Å². The summed E-state index contributed by atoms with van der Waals surface area (Å²) in [6, 6.07) is 8.22. The van der Waals surface area contributed by atoms with Gasteiger partial charge in [-0.15, -0.1) is 11.3 Å². The number of ether oxygens (including phenoxy) is 1. The van der Waals surface area contributed by atoms with Gasteiger partial charge < -0.3 is 9.30 Å². The van der Waals surface area contributed by atoms with Gasteiger partial charge in [-0.25, -0.2) is 4.98 Å². The Kier molecular flexibility index (Phi) is 3.86. The second kappa shape index (κ2) is 5.82. The van der Waals surface area contributed by atoms with Crippen LogP contribution in [-0.4, -0.2) is 16.7 Å². The summed E-state index contributed by atoms with van der Waals surface area (Å²) in [5.41, 5.74) is 3.90. The summed E-state index contributed by atoms with van der Waals surface area (Å²) in [6.45, 7) is 4.79. The first-order valence-corrected chi connectivity index (χ1v) is 8.00. The summed E-state index contributed by atoms with van der Waals surface area (Å²) < 4.78 is 7.43. The minimum atomic E-state index is 0.679. The van der Waals surface area contributed by atoms with Crippen LogP contribution in [0.15, 0.2) is 23.6 Å². The van der Waals surface area contributed by atoms with Gasteiger partial charge in [0.15, 0.2) is 0 Å². The molecule has 0 bridgehead atoms. The van der Waals surface area contributed by atoms with Crippen molar-refractivity contribution < 1.29 is 4.74 Å². The lowest BCUT2D eigenvalue weighted by atomic mass is 10.1. The van der Waals surface area contributed by atoms with Crippen molar-refractivity contribution in [1.29, 1.82) is 5.26 Å². The molecule has 0 N–H and O–H groups in total. The Morgan fingerprint density at radius 1 is 1.36 bits per heavy atom. The third kappa shape index (κ3) is 2.46. The molecule has 3 rings (SSSR count). The molecule has 3 aromatic rings. The van der Waals surface area contributed by atoms with Gasteiger partial charge in [0.2, 0.25) is 0 Å². The maximum Gasteiger partial charge on any atom is 0.122 e. The van der Waals surface area contributed by atoms with Crippen LogP contribution in [0.5, 0.6) is 5.75 Å². The number of benzene rings is 1. The highest BCUT2D eigenvalue weighted by Crippen LogP contribution is 2.30. The van der Waals surface area contributed by atoms with E-state index >= 15 is 0 Å². The highest BCUT2D eigenvalue weighted by molar-refractivity contribution is 7.09. The van der Waals surface area contributed by atoms with Crippen LogP contribution in [0.1, 0.15) is 22.0 Å². The van der Waals surface area contributed by atoms with Gasteiger partial charge in [0.25, 0.3) is 0 Å². The first-order valence-electron chi connectivity index (χ1n) is 7.12. The van der Waals surface area contributed by atoms with Crippen LogP contribution in [0.2, 0.25) is 0 Å². The number of methoxy groups -OCH3 is 1. The molecule has 1 aromatic carbocycles. The number of aryl methyl sites for hydroxylation is 4. The van der Waals surface area contributed by atoms with Crippen molar-refractivity contribution in [3.63, 3.8) is 0 Å². The Bertz CT molecular complexity index is 870.